The molecular formula is C52H66N2O6. The number of carbonyl (C=O) groups excluding carboxylic acids is 2. The molecule has 5 aromatic carbocycles. The molecule has 0 spiro atoms. The Kier molecular flexibility index (Phi) is 21.1. The van der Waals surface area contributed by atoms with E-state index in [9.17, 15) is 19.8 Å². The van der Waals surface area contributed by atoms with Gasteiger partial charge >= 0.3 is 0 Å². The van der Waals surface area contributed by atoms with Crippen LogP contribution in [0.5, 0.6) is 5.75 Å². The molecule has 0 heterocycles. The third-order valence-corrected chi connectivity index (χ3v) is 10.2. The maximum absolute atomic E-state index is 12.7. The Bertz CT molecular complexity index is 1920. The number of rotatable bonds is 23. The van der Waals surface area contributed by atoms with Crippen molar-refractivity contribution in [2.45, 2.75) is 116 Å². The van der Waals surface area contributed by atoms with E-state index in [2.05, 4.69) is 92.1 Å². The van der Waals surface area contributed by atoms with Gasteiger partial charge in [-0.05, 0) is 113 Å². The highest BCUT2D eigenvalue weighted by Crippen LogP contribution is 2.16. The maximum Gasteiger partial charge on any atom is 0.220 e. The predicted molar refractivity (Wildman–Crippen MR) is 242 cm³/mol. The number of carbonyl (C=O) groups is 2. The number of amides is 2. The molecule has 5 rings (SSSR count). The Hall–Kier alpha value is -5.28. The van der Waals surface area contributed by atoms with Crippen molar-refractivity contribution in [1.82, 2.24) is 10.6 Å². The number of aliphatic hydroxyl groups excluding tert-OH is 1. The summed E-state index contributed by atoms with van der Waals surface area (Å²) < 4.78 is 11.6. The van der Waals surface area contributed by atoms with Crippen molar-refractivity contribution >= 4 is 11.8 Å². The molecular weight excluding hydrogens is 749 g/mol. The number of aryl methyl sites for hydroxylation is 4. The molecule has 60 heavy (non-hydrogen) atoms. The van der Waals surface area contributed by atoms with Gasteiger partial charge in [0.2, 0.25) is 11.8 Å². The largest absolute Gasteiger partial charge is 0.508 e. The molecule has 0 aliphatic heterocycles. The van der Waals surface area contributed by atoms with Gasteiger partial charge in [0.25, 0.3) is 0 Å². The first-order chi connectivity index (χ1) is 29.0. The number of aliphatic hydroxyl groups is 1. The lowest BCUT2D eigenvalue weighted by Gasteiger charge is -2.20. The lowest BCUT2D eigenvalue weighted by Crippen LogP contribution is -2.40. The highest BCUT2D eigenvalue weighted by Gasteiger charge is 2.16. The van der Waals surface area contributed by atoms with E-state index in [1.54, 1.807) is 19.1 Å². The van der Waals surface area contributed by atoms with Gasteiger partial charge in [-0.2, -0.15) is 0 Å². The SMILES string of the molecule is CC(O)COC[C@H](Cc1ccc(O)cc1)NC(=O)CCc1ccccc1.Cc1ccc(COC(C)CCC[C@H](Cc2ccc(C)cc2)NC(=O)CCc2ccccc2)cc1. The normalized spacial score (nSPS) is 12.9. The second-order valence-corrected chi connectivity index (χ2v) is 16.0. The van der Waals surface area contributed by atoms with Crippen LogP contribution >= 0.6 is 0 Å². The van der Waals surface area contributed by atoms with E-state index in [1.165, 1.54) is 27.8 Å². The van der Waals surface area contributed by atoms with Crippen molar-refractivity contribution in [2.24, 2.45) is 0 Å². The fraction of sp³-hybridized carbons (Fsp3) is 0.385. The molecule has 0 aliphatic rings. The summed E-state index contributed by atoms with van der Waals surface area (Å²) in [5.74, 6) is 0.311. The highest BCUT2D eigenvalue weighted by atomic mass is 16.5. The lowest BCUT2D eigenvalue weighted by molar-refractivity contribution is -0.123. The summed E-state index contributed by atoms with van der Waals surface area (Å²) in [5.41, 5.74) is 8.32. The van der Waals surface area contributed by atoms with Gasteiger partial charge in [-0.1, -0.05) is 132 Å². The van der Waals surface area contributed by atoms with Crippen molar-refractivity contribution in [2.75, 3.05) is 13.2 Å². The molecule has 2 amide bonds. The topological polar surface area (TPSA) is 117 Å². The zero-order chi connectivity index (χ0) is 43.0. The molecule has 0 bridgehead atoms. The van der Waals surface area contributed by atoms with Gasteiger partial charge in [0, 0.05) is 18.9 Å². The number of ether oxygens (including phenoxy) is 2. The van der Waals surface area contributed by atoms with Gasteiger partial charge in [0.05, 0.1) is 38.1 Å². The van der Waals surface area contributed by atoms with Gasteiger partial charge in [0.1, 0.15) is 5.75 Å². The molecule has 8 heteroatoms. The molecule has 0 saturated carbocycles. The molecule has 0 aliphatic carbocycles. The number of aromatic hydroxyl groups is 1. The Morgan fingerprint density at radius 2 is 1.03 bits per heavy atom. The van der Waals surface area contributed by atoms with Crippen LogP contribution < -0.4 is 10.6 Å². The van der Waals surface area contributed by atoms with Crippen LogP contribution in [-0.2, 0) is 51.4 Å². The average Bonchev–Trinajstić information content (AvgIpc) is 3.24. The minimum atomic E-state index is -0.543. The number of nitrogens with one attached hydrogen (secondary N) is 2. The fourth-order valence-corrected chi connectivity index (χ4v) is 6.75. The standard InChI is InChI=1S/C31H39NO2.C21H27NO4/c1-24-12-16-28(17-13-24)22-30(32-31(33)21-20-27-9-5-4-6-10-27)11-7-8-26(3)34-23-29-18-14-25(2)15-19-29;1-16(23)14-26-15-19(13-18-7-10-20(24)11-8-18)22-21(25)12-9-17-5-3-2-4-6-17/h4-6,9-10,12-19,26,30H,7-8,11,20-23H2,1-3H3,(H,32,33);2-8,10-11,16,19,23-24H,9,12-15H2,1H3,(H,22,25)/t26?,30-;16?,19-/m10/s1. The maximum atomic E-state index is 12.7. The minimum Gasteiger partial charge on any atom is -0.508 e. The molecule has 0 radical (unpaired) electrons. The van der Waals surface area contributed by atoms with Crippen molar-refractivity contribution in [3.8, 4) is 5.75 Å². The van der Waals surface area contributed by atoms with Crippen LogP contribution in [0.2, 0.25) is 0 Å². The molecule has 4 N–H and O–H groups in total. The zero-order valence-corrected chi connectivity index (χ0v) is 36.0. The molecule has 4 atom stereocenters. The van der Waals surface area contributed by atoms with Crippen molar-refractivity contribution < 1.29 is 29.3 Å². The second-order valence-electron chi connectivity index (χ2n) is 16.0. The summed E-state index contributed by atoms with van der Waals surface area (Å²) in [6.45, 7) is 9.19. The second kappa shape index (κ2) is 26.7. The lowest BCUT2D eigenvalue weighted by atomic mass is 9.98. The van der Waals surface area contributed by atoms with Crippen LogP contribution in [-0.4, -0.2) is 59.5 Å². The van der Waals surface area contributed by atoms with Crippen molar-refractivity contribution in [1.29, 1.82) is 0 Å². The third-order valence-electron chi connectivity index (χ3n) is 10.2. The molecule has 0 fully saturated rings. The highest BCUT2D eigenvalue weighted by molar-refractivity contribution is 5.77. The number of phenols is 1. The smallest absolute Gasteiger partial charge is 0.220 e. The number of hydrogen-bond acceptors (Lipinski definition) is 6. The Morgan fingerprint density at radius 3 is 1.55 bits per heavy atom. The van der Waals surface area contributed by atoms with Crippen LogP contribution in [0.1, 0.15) is 84.9 Å². The summed E-state index contributed by atoms with van der Waals surface area (Å²) in [6, 6.07) is 44.1. The molecule has 0 aromatic heterocycles. The van der Waals surface area contributed by atoms with Gasteiger partial charge in [-0.25, -0.2) is 0 Å². The zero-order valence-electron chi connectivity index (χ0n) is 36.0. The van der Waals surface area contributed by atoms with Crippen LogP contribution in [0.3, 0.4) is 0 Å². The molecule has 8 nitrogen and oxygen atoms in total. The van der Waals surface area contributed by atoms with Gasteiger partial charge < -0.3 is 30.3 Å². The van der Waals surface area contributed by atoms with Crippen LogP contribution in [0.4, 0.5) is 0 Å². The van der Waals surface area contributed by atoms with Gasteiger partial charge in [0.15, 0.2) is 0 Å². The Morgan fingerprint density at radius 1 is 0.567 bits per heavy atom. The summed E-state index contributed by atoms with van der Waals surface area (Å²) in [7, 11) is 0. The van der Waals surface area contributed by atoms with Crippen LogP contribution in [0, 0.1) is 13.8 Å². The van der Waals surface area contributed by atoms with E-state index in [-0.39, 0.29) is 42.4 Å². The van der Waals surface area contributed by atoms with E-state index >= 15 is 0 Å². The van der Waals surface area contributed by atoms with E-state index in [0.29, 0.717) is 38.9 Å². The first-order valence-corrected chi connectivity index (χ1v) is 21.4. The summed E-state index contributed by atoms with van der Waals surface area (Å²) >= 11 is 0. The van der Waals surface area contributed by atoms with Crippen LogP contribution in [0.25, 0.3) is 0 Å². The first kappa shape index (κ1) is 47.4. The third kappa shape index (κ3) is 20.1. The Balaban J connectivity index is 0.000000275. The van der Waals surface area contributed by atoms with Crippen molar-refractivity contribution in [3.05, 3.63) is 172 Å². The number of benzene rings is 5. The van der Waals surface area contributed by atoms with Gasteiger partial charge in [-0.3, -0.25) is 9.59 Å². The van der Waals surface area contributed by atoms with E-state index in [1.807, 2.05) is 60.7 Å². The average molecular weight is 815 g/mol. The summed E-state index contributed by atoms with van der Waals surface area (Å²) in [6.07, 6.45) is 6.43. The Labute approximate surface area is 358 Å². The predicted octanol–water partition coefficient (Wildman–Crippen LogP) is 9.19. The van der Waals surface area contributed by atoms with Gasteiger partial charge in [-0.15, -0.1) is 0 Å². The number of hydrogen-bond donors (Lipinski definition) is 4. The molecule has 5 aromatic rings. The molecule has 0 saturated heterocycles. The summed E-state index contributed by atoms with van der Waals surface area (Å²) in [4.78, 5) is 25.0. The molecule has 320 valence electrons. The first-order valence-electron chi connectivity index (χ1n) is 21.4. The minimum absolute atomic E-state index is 0.0294. The molecule has 2 unspecified atom stereocenters. The van der Waals surface area contributed by atoms with Crippen molar-refractivity contribution in [3.63, 3.8) is 0 Å². The van der Waals surface area contributed by atoms with E-state index in [4.69, 9.17) is 9.47 Å². The van der Waals surface area contributed by atoms with E-state index < -0.39 is 6.10 Å². The fourth-order valence-electron chi connectivity index (χ4n) is 6.75. The van der Waals surface area contributed by atoms with Crippen LogP contribution in [0.15, 0.2) is 133 Å². The quantitative estimate of drug-likeness (QED) is 0.0523. The summed E-state index contributed by atoms with van der Waals surface area (Å²) in [5, 5.41) is 25.1. The number of phenolic OH excluding ortho intramolecular Hbond substituents is 1. The monoisotopic (exact) mass is 814 g/mol. The van der Waals surface area contributed by atoms with E-state index in [0.717, 1.165) is 43.2 Å².